The van der Waals surface area contributed by atoms with Gasteiger partial charge in [0.15, 0.2) is 0 Å². The van der Waals surface area contributed by atoms with Gasteiger partial charge in [-0.2, -0.15) is 0 Å². The molecule has 1 atom stereocenters. The van der Waals surface area contributed by atoms with E-state index < -0.39 is 11.0 Å². The molecule has 1 heterocycles. The predicted molar refractivity (Wildman–Crippen MR) is 125 cm³/mol. The molecular weight excluding hydrogens is 387 g/mol. The van der Waals surface area contributed by atoms with Crippen LogP contribution in [-0.2, 0) is 14.9 Å². The van der Waals surface area contributed by atoms with Crippen molar-refractivity contribution in [2.24, 2.45) is 5.92 Å². The second-order valence-corrected chi connectivity index (χ2v) is 9.81. The van der Waals surface area contributed by atoms with Gasteiger partial charge < -0.3 is 4.74 Å². The summed E-state index contributed by atoms with van der Waals surface area (Å²) < 4.78 is 5.95. The Kier molecular flexibility index (Phi) is 5.62. The van der Waals surface area contributed by atoms with E-state index in [9.17, 15) is 4.79 Å². The molecule has 0 aliphatic carbocycles. The lowest BCUT2D eigenvalue weighted by atomic mass is 9.63. The molecule has 1 aliphatic rings. The van der Waals surface area contributed by atoms with Gasteiger partial charge in [-0.1, -0.05) is 99.2 Å². The van der Waals surface area contributed by atoms with Gasteiger partial charge in [0.25, 0.3) is 0 Å². The average molecular weight is 414 g/mol. The molecule has 0 radical (unpaired) electrons. The fourth-order valence-corrected chi connectivity index (χ4v) is 6.18. The molecule has 0 fully saturated rings. The Morgan fingerprint density at radius 3 is 1.77 bits per heavy atom. The van der Waals surface area contributed by atoms with Gasteiger partial charge in [0.05, 0.1) is 11.3 Å². The van der Waals surface area contributed by atoms with Gasteiger partial charge in [0.1, 0.15) is 5.60 Å². The maximum atomic E-state index is 13.6. The van der Waals surface area contributed by atoms with Crippen molar-refractivity contribution in [2.75, 3.05) is 6.16 Å². The minimum Gasteiger partial charge on any atom is -0.460 e. The van der Waals surface area contributed by atoms with Crippen LogP contribution in [0.15, 0.2) is 91.0 Å². The largest absolute Gasteiger partial charge is 0.460 e. The van der Waals surface area contributed by atoms with E-state index in [-0.39, 0.29) is 11.9 Å². The standard InChI is InChI=1S/C27H27O2P/c1-26(2,3)29-25(28)23-19-30-24(20-13-7-4-8-14-20)27(23,21-15-9-5-10-16-21)22-17-11-6-12-18-22/h4-18,23H,19H2,1-3H3. The highest BCUT2D eigenvalue weighted by molar-refractivity contribution is 7.42. The second-order valence-electron chi connectivity index (χ2n) is 8.68. The fourth-order valence-electron chi connectivity index (χ4n) is 4.39. The highest BCUT2D eigenvalue weighted by Gasteiger charge is 2.53. The normalized spacial score (nSPS) is 18.5. The first-order chi connectivity index (χ1) is 14.4. The van der Waals surface area contributed by atoms with E-state index in [1.54, 1.807) is 0 Å². The number of esters is 1. The van der Waals surface area contributed by atoms with E-state index in [4.69, 9.17) is 4.74 Å². The smallest absolute Gasteiger partial charge is 0.311 e. The van der Waals surface area contributed by atoms with Crippen LogP contribution in [0.5, 0.6) is 0 Å². The number of benzene rings is 3. The second kappa shape index (κ2) is 8.20. The summed E-state index contributed by atoms with van der Waals surface area (Å²) in [6.07, 6.45) is 0.739. The number of carbonyl (C=O) groups excluding carboxylic acids is 1. The zero-order valence-corrected chi connectivity index (χ0v) is 18.6. The summed E-state index contributed by atoms with van der Waals surface area (Å²) >= 11 is 0. The molecule has 0 spiro atoms. The molecular formula is C27H27O2P. The third-order valence-electron chi connectivity index (χ3n) is 5.52. The van der Waals surface area contributed by atoms with Crippen LogP contribution in [0, 0.1) is 5.92 Å². The summed E-state index contributed by atoms with van der Waals surface area (Å²) in [5.41, 5.74) is 2.36. The topological polar surface area (TPSA) is 26.3 Å². The molecule has 3 aromatic rings. The maximum absolute atomic E-state index is 13.6. The molecule has 1 aliphatic heterocycles. The van der Waals surface area contributed by atoms with E-state index in [0.717, 1.165) is 25.5 Å². The Morgan fingerprint density at radius 2 is 1.30 bits per heavy atom. The summed E-state index contributed by atoms with van der Waals surface area (Å²) in [7, 11) is 1.16. The average Bonchev–Trinajstić information content (AvgIpc) is 3.16. The van der Waals surface area contributed by atoms with Gasteiger partial charge in [-0.05, 0) is 42.8 Å². The zero-order valence-electron chi connectivity index (χ0n) is 17.7. The molecule has 0 aromatic heterocycles. The summed E-state index contributed by atoms with van der Waals surface area (Å²) in [6.45, 7) is 5.81. The van der Waals surface area contributed by atoms with Crippen LogP contribution in [0.3, 0.4) is 0 Å². The number of hydrogen-bond acceptors (Lipinski definition) is 2. The van der Waals surface area contributed by atoms with Crippen molar-refractivity contribution in [1.82, 2.24) is 0 Å². The lowest BCUT2D eigenvalue weighted by Crippen LogP contribution is -2.47. The Morgan fingerprint density at radius 1 is 0.833 bits per heavy atom. The molecule has 3 heteroatoms. The van der Waals surface area contributed by atoms with Crippen LogP contribution in [0.25, 0.3) is 0 Å². The van der Waals surface area contributed by atoms with Crippen LogP contribution in [0.1, 0.15) is 37.5 Å². The van der Waals surface area contributed by atoms with Crippen LogP contribution in [0.4, 0.5) is 0 Å². The molecule has 3 aromatic carbocycles. The van der Waals surface area contributed by atoms with Crippen LogP contribution < -0.4 is 0 Å². The Hall–Kier alpha value is -2.70. The predicted octanol–water partition coefficient (Wildman–Crippen LogP) is 6.11. The molecule has 0 bridgehead atoms. The number of rotatable bonds is 4. The Balaban J connectivity index is 1.98. The molecule has 0 N–H and O–H groups in total. The molecule has 0 saturated heterocycles. The van der Waals surface area contributed by atoms with Crippen LogP contribution >= 0.6 is 8.20 Å². The first kappa shape index (κ1) is 20.6. The van der Waals surface area contributed by atoms with Crippen molar-refractivity contribution in [1.29, 1.82) is 0 Å². The summed E-state index contributed by atoms with van der Waals surface area (Å²) in [4.78, 5) is 13.6. The van der Waals surface area contributed by atoms with Crippen molar-refractivity contribution in [3.05, 3.63) is 108 Å². The van der Waals surface area contributed by atoms with Crippen molar-refractivity contribution < 1.29 is 9.53 Å². The monoisotopic (exact) mass is 414 g/mol. The van der Waals surface area contributed by atoms with E-state index in [1.165, 1.54) is 10.9 Å². The molecule has 0 saturated carbocycles. The van der Waals surface area contributed by atoms with E-state index in [0.29, 0.717) is 0 Å². The van der Waals surface area contributed by atoms with Crippen molar-refractivity contribution in [3.63, 3.8) is 0 Å². The maximum Gasteiger partial charge on any atom is 0.311 e. The zero-order chi connectivity index (χ0) is 21.2. The van der Waals surface area contributed by atoms with E-state index in [2.05, 4.69) is 72.8 Å². The Bertz CT molecular complexity index is 995. The van der Waals surface area contributed by atoms with Gasteiger partial charge in [-0.25, -0.2) is 0 Å². The summed E-state index contributed by atoms with van der Waals surface area (Å²) in [5, 5.41) is 1.26. The van der Waals surface area contributed by atoms with Crippen molar-refractivity contribution in [2.45, 2.75) is 31.8 Å². The highest BCUT2D eigenvalue weighted by atomic mass is 31.1. The SMILES string of the molecule is CC(C)(C)OC(=O)C1CP=C(c2ccccc2)C1(c1ccccc1)c1ccccc1. The van der Waals surface area contributed by atoms with Gasteiger partial charge in [-0.3, -0.25) is 4.79 Å². The van der Waals surface area contributed by atoms with Crippen LogP contribution in [-0.4, -0.2) is 23.0 Å². The molecule has 2 nitrogen and oxygen atoms in total. The molecule has 1 unspecified atom stereocenters. The van der Waals surface area contributed by atoms with Crippen molar-refractivity contribution in [3.8, 4) is 0 Å². The first-order valence-electron chi connectivity index (χ1n) is 10.4. The number of hydrogen-bond donors (Lipinski definition) is 0. The highest BCUT2D eigenvalue weighted by Crippen LogP contribution is 2.51. The van der Waals surface area contributed by atoms with Crippen LogP contribution in [0.2, 0.25) is 0 Å². The summed E-state index contributed by atoms with van der Waals surface area (Å²) in [6, 6.07) is 31.4. The molecule has 0 amide bonds. The molecule has 152 valence electrons. The van der Waals surface area contributed by atoms with Gasteiger partial charge in [-0.15, -0.1) is 0 Å². The van der Waals surface area contributed by atoms with Gasteiger partial charge in [0.2, 0.25) is 0 Å². The van der Waals surface area contributed by atoms with Gasteiger partial charge in [0, 0.05) is 6.16 Å². The minimum atomic E-state index is -0.562. The number of carbonyl (C=O) groups is 1. The molecule has 4 rings (SSSR count). The van der Waals surface area contributed by atoms with E-state index in [1.807, 2.05) is 39.0 Å². The summed E-state index contributed by atoms with van der Waals surface area (Å²) in [5.74, 6) is -0.424. The molecule has 30 heavy (non-hydrogen) atoms. The fraction of sp³-hybridized carbons (Fsp3) is 0.259. The minimum absolute atomic E-state index is 0.131. The number of ether oxygens (including phenoxy) is 1. The van der Waals surface area contributed by atoms with E-state index >= 15 is 0 Å². The third kappa shape index (κ3) is 3.73. The van der Waals surface area contributed by atoms with Gasteiger partial charge >= 0.3 is 5.97 Å². The quantitative estimate of drug-likeness (QED) is 0.380. The Labute approximate surface area is 180 Å². The lowest BCUT2D eigenvalue weighted by molar-refractivity contribution is -0.160. The lowest BCUT2D eigenvalue weighted by Gasteiger charge is -2.39. The van der Waals surface area contributed by atoms with Crippen molar-refractivity contribution >= 4 is 19.5 Å². The third-order valence-corrected chi connectivity index (χ3v) is 7.00. The first-order valence-corrected chi connectivity index (χ1v) is 11.4.